The number of nitrogens with two attached hydrogens (primary N) is 1. The van der Waals surface area contributed by atoms with Crippen molar-refractivity contribution < 1.29 is 0 Å². The molecule has 1 unspecified atom stereocenters. The van der Waals surface area contributed by atoms with Crippen LogP contribution < -0.4 is 11.1 Å². The van der Waals surface area contributed by atoms with Crippen molar-refractivity contribution in [2.75, 3.05) is 26.0 Å². The summed E-state index contributed by atoms with van der Waals surface area (Å²) >= 11 is 0. The van der Waals surface area contributed by atoms with E-state index >= 15 is 0 Å². The average molecular weight is 464 g/mol. The second-order valence-electron chi connectivity index (χ2n) is 6.89. The summed E-state index contributed by atoms with van der Waals surface area (Å²) in [5, 5.41) is 3.33. The average Bonchev–Trinajstić information content (AvgIpc) is 2.63. The van der Waals surface area contributed by atoms with Gasteiger partial charge in [-0.3, -0.25) is 4.99 Å². The number of fused-ring (bicyclic) bond motifs is 1. The second kappa shape index (κ2) is 9.92. The number of hydrogen-bond acceptors (Lipinski definition) is 2. The maximum Gasteiger partial charge on any atom is 0.193 e. The van der Waals surface area contributed by atoms with E-state index in [0.717, 1.165) is 12.1 Å². The van der Waals surface area contributed by atoms with Gasteiger partial charge in [-0.15, -0.1) is 24.0 Å². The zero-order valence-electron chi connectivity index (χ0n) is 15.6. The SMILES string of the molecule is CN(C)C(CN=C(N)Nc1cccc2c1CCCC2)c1ccccc1.I. The fraction of sp³-hybridized carbons (Fsp3) is 0.381. The number of halogens is 1. The molecule has 5 heteroatoms. The van der Waals surface area contributed by atoms with Crippen molar-refractivity contribution in [1.29, 1.82) is 0 Å². The molecule has 0 aliphatic heterocycles. The number of aliphatic imine (C=N–C) groups is 1. The Morgan fingerprint density at radius 3 is 2.54 bits per heavy atom. The van der Waals surface area contributed by atoms with Gasteiger partial charge >= 0.3 is 0 Å². The van der Waals surface area contributed by atoms with Gasteiger partial charge in [0.25, 0.3) is 0 Å². The number of benzene rings is 2. The van der Waals surface area contributed by atoms with Gasteiger partial charge in [-0.1, -0.05) is 42.5 Å². The molecule has 1 aliphatic carbocycles. The standard InChI is InChI=1S/C21H28N4.HI/c1-25(2)20(17-10-4-3-5-11-17)15-23-21(22)24-19-14-8-12-16-9-6-7-13-18(16)19;/h3-5,8,10-12,14,20H,6-7,9,13,15H2,1-2H3,(H3,22,23,24);1H. The molecule has 1 aliphatic rings. The third-order valence-electron chi connectivity index (χ3n) is 4.90. The third-order valence-corrected chi connectivity index (χ3v) is 4.90. The van der Waals surface area contributed by atoms with Crippen molar-refractivity contribution in [2.45, 2.75) is 31.7 Å². The first-order valence-corrected chi connectivity index (χ1v) is 9.04. The van der Waals surface area contributed by atoms with Gasteiger partial charge in [-0.2, -0.15) is 0 Å². The van der Waals surface area contributed by atoms with Crippen LogP contribution in [0.2, 0.25) is 0 Å². The maximum absolute atomic E-state index is 6.19. The molecule has 0 saturated carbocycles. The summed E-state index contributed by atoms with van der Waals surface area (Å²) in [6.45, 7) is 0.630. The predicted molar refractivity (Wildman–Crippen MR) is 121 cm³/mol. The second-order valence-corrected chi connectivity index (χ2v) is 6.89. The molecule has 0 aromatic heterocycles. The quantitative estimate of drug-likeness (QED) is 0.396. The summed E-state index contributed by atoms with van der Waals surface area (Å²) < 4.78 is 0. The van der Waals surface area contributed by atoms with E-state index in [1.807, 2.05) is 6.07 Å². The summed E-state index contributed by atoms with van der Waals surface area (Å²) in [4.78, 5) is 6.79. The van der Waals surface area contributed by atoms with Crippen molar-refractivity contribution in [3.63, 3.8) is 0 Å². The molecule has 2 aromatic carbocycles. The monoisotopic (exact) mass is 464 g/mol. The van der Waals surface area contributed by atoms with Crippen LogP contribution in [-0.2, 0) is 12.8 Å². The first-order valence-electron chi connectivity index (χ1n) is 9.04. The highest BCUT2D eigenvalue weighted by atomic mass is 127. The lowest BCUT2D eigenvalue weighted by atomic mass is 9.90. The van der Waals surface area contributed by atoms with Gasteiger partial charge in [0.05, 0.1) is 12.6 Å². The van der Waals surface area contributed by atoms with Gasteiger partial charge in [-0.25, -0.2) is 0 Å². The minimum Gasteiger partial charge on any atom is -0.370 e. The van der Waals surface area contributed by atoms with Crippen LogP contribution in [0.15, 0.2) is 53.5 Å². The summed E-state index contributed by atoms with van der Waals surface area (Å²) in [5.41, 5.74) is 11.4. The van der Waals surface area contributed by atoms with Crippen molar-refractivity contribution in [1.82, 2.24) is 4.90 Å². The minimum atomic E-state index is 0. The van der Waals surface area contributed by atoms with E-state index < -0.39 is 0 Å². The van der Waals surface area contributed by atoms with Crippen molar-refractivity contribution in [2.24, 2.45) is 10.7 Å². The lowest BCUT2D eigenvalue weighted by Gasteiger charge is -2.23. The number of hydrogen-bond donors (Lipinski definition) is 2. The van der Waals surface area contributed by atoms with E-state index in [-0.39, 0.29) is 30.0 Å². The predicted octanol–water partition coefficient (Wildman–Crippen LogP) is 4.21. The molecule has 0 spiro atoms. The highest BCUT2D eigenvalue weighted by Crippen LogP contribution is 2.27. The van der Waals surface area contributed by atoms with Gasteiger partial charge in [0.1, 0.15) is 0 Å². The zero-order chi connectivity index (χ0) is 17.6. The first kappa shape index (κ1) is 20.7. The summed E-state index contributed by atoms with van der Waals surface area (Å²) in [5.74, 6) is 0.488. The topological polar surface area (TPSA) is 53.6 Å². The van der Waals surface area contributed by atoms with Gasteiger partial charge < -0.3 is 16.0 Å². The summed E-state index contributed by atoms with van der Waals surface area (Å²) in [7, 11) is 4.15. The Morgan fingerprint density at radius 1 is 1.08 bits per heavy atom. The molecule has 0 bridgehead atoms. The fourth-order valence-electron chi connectivity index (χ4n) is 3.50. The normalized spacial score (nSPS) is 15.1. The number of guanidine groups is 1. The Morgan fingerprint density at radius 2 is 1.81 bits per heavy atom. The molecule has 0 radical (unpaired) electrons. The highest BCUT2D eigenvalue weighted by molar-refractivity contribution is 14.0. The molecule has 0 heterocycles. The van der Waals surface area contributed by atoms with Gasteiger partial charge in [0, 0.05) is 5.69 Å². The van der Waals surface area contributed by atoms with Crippen LogP contribution >= 0.6 is 24.0 Å². The first-order chi connectivity index (χ1) is 12.1. The number of rotatable bonds is 5. The molecule has 1 atom stereocenters. The van der Waals surface area contributed by atoms with E-state index in [1.165, 1.54) is 36.0 Å². The Kier molecular flexibility index (Phi) is 7.90. The molecule has 26 heavy (non-hydrogen) atoms. The van der Waals surface area contributed by atoms with Gasteiger partial charge in [0.2, 0.25) is 0 Å². The lowest BCUT2D eigenvalue weighted by molar-refractivity contribution is 0.306. The smallest absolute Gasteiger partial charge is 0.193 e. The van der Waals surface area contributed by atoms with Gasteiger partial charge in [0.15, 0.2) is 5.96 Å². The number of anilines is 1. The van der Waals surface area contributed by atoms with Crippen LogP contribution in [0.1, 0.15) is 35.6 Å². The molecule has 3 rings (SSSR count). The largest absolute Gasteiger partial charge is 0.370 e. The Hall–Kier alpha value is -1.60. The Bertz CT molecular complexity index is 728. The minimum absolute atomic E-state index is 0. The molecule has 140 valence electrons. The zero-order valence-corrected chi connectivity index (χ0v) is 17.9. The van der Waals surface area contributed by atoms with E-state index in [1.54, 1.807) is 0 Å². The molecule has 3 N–H and O–H groups in total. The molecule has 0 saturated heterocycles. The van der Waals surface area contributed by atoms with E-state index in [2.05, 4.69) is 71.8 Å². The van der Waals surface area contributed by atoms with Crippen LogP contribution in [0.3, 0.4) is 0 Å². The van der Waals surface area contributed by atoms with E-state index in [4.69, 9.17) is 5.73 Å². The number of aryl methyl sites for hydroxylation is 1. The lowest BCUT2D eigenvalue weighted by Crippen LogP contribution is -2.27. The number of nitrogens with zero attached hydrogens (tertiary/aromatic N) is 2. The van der Waals surface area contributed by atoms with Crippen LogP contribution in [-0.4, -0.2) is 31.5 Å². The molecule has 2 aromatic rings. The molecular weight excluding hydrogens is 435 g/mol. The van der Waals surface area contributed by atoms with Gasteiger partial charge in [-0.05, 0) is 62.5 Å². The Labute approximate surface area is 173 Å². The maximum atomic E-state index is 6.19. The summed E-state index contributed by atoms with van der Waals surface area (Å²) in [6, 6.07) is 17.1. The Balaban J connectivity index is 0.00000243. The molecule has 0 amide bonds. The highest BCUT2D eigenvalue weighted by Gasteiger charge is 2.15. The third kappa shape index (κ3) is 5.20. The number of likely N-dealkylation sites (N-methyl/N-ethyl adjacent to an activating group) is 1. The van der Waals surface area contributed by atoms with Crippen LogP contribution in [0.4, 0.5) is 5.69 Å². The number of nitrogens with one attached hydrogen (secondary N) is 1. The van der Waals surface area contributed by atoms with Crippen LogP contribution in [0, 0.1) is 0 Å². The van der Waals surface area contributed by atoms with Crippen LogP contribution in [0.25, 0.3) is 0 Å². The molecular formula is C21H29IN4. The van der Waals surface area contributed by atoms with E-state index in [9.17, 15) is 0 Å². The van der Waals surface area contributed by atoms with E-state index in [0.29, 0.717) is 12.5 Å². The van der Waals surface area contributed by atoms with Crippen molar-refractivity contribution in [3.8, 4) is 0 Å². The van der Waals surface area contributed by atoms with Crippen molar-refractivity contribution in [3.05, 3.63) is 65.2 Å². The van der Waals surface area contributed by atoms with Crippen LogP contribution in [0.5, 0.6) is 0 Å². The summed E-state index contributed by atoms with van der Waals surface area (Å²) in [6.07, 6.45) is 4.82. The fourth-order valence-corrected chi connectivity index (χ4v) is 3.50. The molecule has 0 fully saturated rings. The van der Waals surface area contributed by atoms with Crippen molar-refractivity contribution >= 4 is 35.6 Å². The molecule has 4 nitrogen and oxygen atoms in total.